The predicted octanol–water partition coefficient (Wildman–Crippen LogP) is 1.95. The number of nitrogens with zero attached hydrogens (tertiary/aromatic N) is 1. The molecule has 1 saturated heterocycles. The number of fused-ring (bicyclic) bond motifs is 1. The summed E-state index contributed by atoms with van der Waals surface area (Å²) in [6, 6.07) is -0.207. The summed E-state index contributed by atoms with van der Waals surface area (Å²) in [4.78, 5) is 13.4. The van der Waals surface area contributed by atoms with E-state index in [2.05, 4.69) is 0 Å². The molecule has 0 aromatic heterocycles. The lowest BCUT2D eigenvalue weighted by molar-refractivity contribution is -0.142. The molecule has 5 nitrogen and oxygen atoms in total. The van der Waals surface area contributed by atoms with Crippen molar-refractivity contribution in [1.82, 2.24) is 4.90 Å². The Balaban J connectivity index is 0.00000220. The fraction of sp³-hybridized carbons (Fsp3) is 0.929. The second kappa shape index (κ2) is 7.79. The van der Waals surface area contributed by atoms with Crippen molar-refractivity contribution in [3.63, 3.8) is 0 Å². The van der Waals surface area contributed by atoms with Crippen molar-refractivity contribution in [2.24, 2.45) is 5.92 Å². The highest BCUT2D eigenvalue weighted by Gasteiger charge is 2.45. The van der Waals surface area contributed by atoms with Crippen LogP contribution in [0.4, 0.5) is 0 Å². The summed E-state index contributed by atoms with van der Waals surface area (Å²) in [6.07, 6.45) is 5.72. The number of aliphatic carboxylic acids is 1. The molecule has 2 rings (SSSR count). The standard InChI is InChI=1S/C14H25NO4S.ClH/c1-2-8-20(18,19)9-7-15-12-6-4-3-5-11(12)10-13(15)14(16)17;/h11-13H,2-10H2,1H3,(H,16,17);1H. The molecule has 3 unspecified atom stereocenters. The number of carboxylic acids is 1. The van der Waals surface area contributed by atoms with Crippen molar-refractivity contribution in [1.29, 1.82) is 0 Å². The van der Waals surface area contributed by atoms with Crippen LogP contribution < -0.4 is 0 Å². The normalized spacial score (nSPS) is 29.7. The molecule has 1 heterocycles. The molecule has 0 amide bonds. The van der Waals surface area contributed by atoms with E-state index in [1.807, 2.05) is 11.8 Å². The van der Waals surface area contributed by atoms with Crippen LogP contribution in [0.5, 0.6) is 0 Å². The third-order valence-electron chi connectivity index (χ3n) is 4.68. The molecule has 1 aliphatic heterocycles. The molecular formula is C14H26ClNO4S. The molecule has 0 aromatic rings. The van der Waals surface area contributed by atoms with Crippen LogP contribution in [0.2, 0.25) is 0 Å². The minimum Gasteiger partial charge on any atom is -0.480 e. The molecule has 124 valence electrons. The fourth-order valence-electron chi connectivity index (χ4n) is 3.77. The highest BCUT2D eigenvalue weighted by atomic mass is 35.5. The summed E-state index contributed by atoms with van der Waals surface area (Å²) < 4.78 is 23.7. The first-order chi connectivity index (χ1) is 9.44. The molecule has 0 bridgehead atoms. The van der Waals surface area contributed by atoms with Crippen LogP contribution in [-0.2, 0) is 14.6 Å². The van der Waals surface area contributed by atoms with Gasteiger partial charge in [-0.1, -0.05) is 19.8 Å². The maximum absolute atomic E-state index is 11.8. The summed E-state index contributed by atoms with van der Waals surface area (Å²) in [5, 5.41) is 9.37. The van der Waals surface area contributed by atoms with Gasteiger partial charge in [0.2, 0.25) is 0 Å². The Bertz CT molecular complexity index is 454. The first-order valence-electron chi connectivity index (χ1n) is 7.63. The van der Waals surface area contributed by atoms with E-state index in [0.717, 1.165) is 19.3 Å². The quantitative estimate of drug-likeness (QED) is 0.800. The van der Waals surface area contributed by atoms with Gasteiger partial charge in [0.1, 0.15) is 6.04 Å². The average Bonchev–Trinajstić information content (AvgIpc) is 2.75. The van der Waals surface area contributed by atoms with E-state index in [1.54, 1.807) is 0 Å². The molecule has 7 heteroatoms. The predicted molar refractivity (Wildman–Crippen MR) is 84.7 cm³/mol. The molecule has 1 aliphatic carbocycles. The number of sulfone groups is 1. The van der Waals surface area contributed by atoms with Crippen LogP contribution >= 0.6 is 12.4 Å². The third-order valence-corrected chi connectivity index (χ3v) is 6.52. The number of hydrogen-bond acceptors (Lipinski definition) is 4. The Kier molecular flexibility index (Phi) is 6.94. The van der Waals surface area contributed by atoms with Crippen LogP contribution in [0.1, 0.15) is 45.4 Å². The second-order valence-electron chi connectivity index (χ2n) is 6.09. The Hall–Kier alpha value is -0.330. The van der Waals surface area contributed by atoms with Crippen molar-refractivity contribution in [2.45, 2.75) is 57.5 Å². The van der Waals surface area contributed by atoms with Gasteiger partial charge in [-0.25, -0.2) is 8.42 Å². The summed E-state index contributed by atoms with van der Waals surface area (Å²) in [5.41, 5.74) is 0. The van der Waals surface area contributed by atoms with Crippen molar-refractivity contribution in [3.05, 3.63) is 0 Å². The van der Waals surface area contributed by atoms with Gasteiger partial charge in [-0.2, -0.15) is 0 Å². The second-order valence-corrected chi connectivity index (χ2v) is 8.39. The SMILES string of the molecule is CCCS(=O)(=O)CCN1C(C(=O)O)CC2CCCCC21.Cl. The largest absolute Gasteiger partial charge is 0.480 e. The van der Waals surface area contributed by atoms with Crippen LogP contribution in [0.25, 0.3) is 0 Å². The number of rotatable bonds is 6. The maximum atomic E-state index is 11.8. The van der Waals surface area contributed by atoms with Gasteiger partial charge >= 0.3 is 5.97 Å². The van der Waals surface area contributed by atoms with E-state index in [4.69, 9.17) is 0 Å². The topological polar surface area (TPSA) is 74.7 Å². The molecule has 3 atom stereocenters. The molecule has 1 N–H and O–H groups in total. The lowest BCUT2D eigenvalue weighted by Gasteiger charge is -2.32. The lowest BCUT2D eigenvalue weighted by atomic mass is 9.85. The highest BCUT2D eigenvalue weighted by molar-refractivity contribution is 7.91. The van der Waals surface area contributed by atoms with Crippen molar-refractivity contribution < 1.29 is 18.3 Å². The van der Waals surface area contributed by atoms with Gasteiger partial charge in [-0.15, -0.1) is 12.4 Å². The molecule has 21 heavy (non-hydrogen) atoms. The summed E-state index contributed by atoms with van der Waals surface area (Å²) >= 11 is 0. The van der Waals surface area contributed by atoms with E-state index in [-0.39, 0.29) is 30.0 Å². The Morgan fingerprint density at radius 2 is 1.90 bits per heavy atom. The van der Waals surface area contributed by atoms with Gasteiger partial charge in [0.25, 0.3) is 0 Å². The molecule has 0 aromatic carbocycles. The number of carboxylic acid groups (broad SMARTS) is 1. The smallest absolute Gasteiger partial charge is 0.320 e. The first kappa shape index (κ1) is 18.7. The summed E-state index contributed by atoms with van der Waals surface area (Å²) in [5.74, 6) is -0.0634. The Labute approximate surface area is 133 Å². The van der Waals surface area contributed by atoms with E-state index in [0.29, 0.717) is 25.3 Å². The molecule has 2 aliphatic rings. The van der Waals surface area contributed by atoms with Crippen molar-refractivity contribution in [2.75, 3.05) is 18.1 Å². The molecule has 0 spiro atoms. The Morgan fingerprint density at radius 1 is 1.24 bits per heavy atom. The number of carbonyl (C=O) groups is 1. The van der Waals surface area contributed by atoms with Crippen LogP contribution in [0.15, 0.2) is 0 Å². The van der Waals surface area contributed by atoms with E-state index >= 15 is 0 Å². The molecule has 0 radical (unpaired) electrons. The zero-order valence-electron chi connectivity index (χ0n) is 12.5. The van der Waals surface area contributed by atoms with Crippen LogP contribution in [0, 0.1) is 5.92 Å². The molecule has 1 saturated carbocycles. The zero-order chi connectivity index (χ0) is 14.8. The van der Waals surface area contributed by atoms with Gasteiger partial charge in [0.05, 0.1) is 5.75 Å². The number of halogens is 1. The zero-order valence-corrected chi connectivity index (χ0v) is 14.2. The van der Waals surface area contributed by atoms with Gasteiger partial charge in [0.15, 0.2) is 9.84 Å². The maximum Gasteiger partial charge on any atom is 0.320 e. The first-order valence-corrected chi connectivity index (χ1v) is 9.45. The van der Waals surface area contributed by atoms with Gasteiger partial charge < -0.3 is 5.11 Å². The van der Waals surface area contributed by atoms with Crippen LogP contribution in [0.3, 0.4) is 0 Å². The lowest BCUT2D eigenvalue weighted by Crippen LogP contribution is -2.44. The highest BCUT2D eigenvalue weighted by Crippen LogP contribution is 2.39. The van der Waals surface area contributed by atoms with Gasteiger partial charge in [-0.05, 0) is 31.6 Å². The van der Waals surface area contributed by atoms with Crippen molar-refractivity contribution >= 4 is 28.2 Å². The minimum absolute atomic E-state index is 0. The van der Waals surface area contributed by atoms with Gasteiger partial charge in [-0.3, -0.25) is 9.69 Å². The van der Waals surface area contributed by atoms with E-state index in [1.165, 1.54) is 6.42 Å². The van der Waals surface area contributed by atoms with Gasteiger partial charge in [0, 0.05) is 18.3 Å². The number of likely N-dealkylation sites (tertiary alicyclic amines) is 1. The Morgan fingerprint density at radius 3 is 2.52 bits per heavy atom. The van der Waals surface area contributed by atoms with Crippen molar-refractivity contribution in [3.8, 4) is 0 Å². The fourth-order valence-corrected chi connectivity index (χ4v) is 5.09. The van der Waals surface area contributed by atoms with E-state index < -0.39 is 21.8 Å². The van der Waals surface area contributed by atoms with Crippen LogP contribution in [-0.4, -0.2) is 54.5 Å². The summed E-state index contributed by atoms with van der Waals surface area (Å²) in [7, 11) is -3.04. The molecular weight excluding hydrogens is 314 g/mol. The molecule has 2 fully saturated rings. The third kappa shape index (κ3) is 4.57. The summed E-state index contributed by atoms with van der Waals surface area (Å²) in [6.45, 7) is 2.23. The average molecular weight is 340 g/mol. The minimum atomic E-state index is -3.04. The number of hydrogen-bond donors (Lipinski definition) is 1. The monoisotopic (exact) mass is 339 g/mol. The van der Waals surface area contributed by atoms with E-state index in [9.17, 15) is 18.3 Å².